The van der Waals surface area contributed by atoms with Crippen molar-refractivity contribution in [3.05, 3.63) is 35.4 Å². The Hall–Kier alpha value is -0.960. The van der Waals surface area contributed by atoms with E-state index in [0.717, 1.165) is 11.5 Å². The SMILES string of the molecule is COC(=O)C(C)(C)CSCc1ccccc1C. The van der Waals surface area contributed by atoms with E-state index in [9.17, 15) is 4.79 Å². The first-order chi connectivity index (χ1) is 7.97. The van der Waals surface area contributed by atoms with Gasteiger partial charge in [-0.3, -0.25) is 4.79 Å². The second-order valence-corrected chi connectivity index (χ2v) is 5.78. The summed E-state index contributed by atoms with van der Waals surface area (Å²) in [6.45, 7) is 5.95. The molecule has 0 aliphatic rings. The van der Waals surface area contributed by atoms with E-state index in [2.05, 4.69) is 19.1 Å². The van der Waals surface area contributed by atoms with E-state index in [1.165, 1.54) is 18.2 Å². The molecule has 17 heavy (non-hydrogen) atoms. The molecule has 0 bridgehead atoms. The summed E-state index contributed by atoms with van der Waals surface area (Å²) in [6, 6.07) is 8.34. The summed E-state index contributed by atoms with van der Waals surface area (Å²) in [5, 5.41) is 0. The van der Waals surface area contributed by atoms with Crippen LogP contribution in [-0.2, 0) is 15.3 Å². The number of benzene rings is 1. The second-order valence-electron chi connectivity index (χ2n) is 4.79. The molecule has 0 N–H and O–H groups in total. The smallest absolute Gasteiger partial charge is 0.312 e. The van der Waals surface area contributed by atoms with E-state index in [1.807, 2.05) is 26.0 Å². The Balaban J connectivity index is 2.48. The molecule has 0 radical (unpaired) electrons. The Labute approximate surface area is 108 Å². The lowest BCUT2D eigenvalue weighted by Crippen LogP contribution is -2.28. The summed E-state index contributed by atoms with van der Waals surface area (Å²) in [7, 11) is 1.44. The van der Waals surface area contributed by atoms with Crippen molar-refractivity contribution in [2.24, 2.45) is 5.41 Å². The highest BCUT2D eigenvalue weighted by Gasteiger charge is 2.28. The highest BCUT2D eigenvalue weighted by molar-refractivity contribution is 7.98. The highest BCUT2D eigenvalue weighted by atomic mass is 32.2. The van der Waals surface area contributed by atoms with Crippen LogP contribution < -0.4 is 0 Å². The molecular weight excluding hydrogens is 232 g/mol. The fraction of sp³-hybridized carbons (Fsp3) is 0.500. The van der Waals surface area contributed by atoms with E-state index in [0.29, 0.717) is 0 Å². The Bertz CT molecular complexity index is 386. The maximum absolute atomic E-state index is 11.5. The Kier molecular flexibility index (Phi) is 5.06. The van der Waals surface area contributed by atoms with Crippen LogP contribution in [0.4, 0.5) is 0 Å². The van der Waals surface area contributed by atoms with E-state index >= 15 is 0 Å². The number of methoxy groups -OCH3 is 1. The van der Waals surface area contributed by atoms with Gasteiger partial charge >= 0.3 is 5.97 Å². The van der Waals surface area contributed by atoms with Crippen molar-refractivity contribution in [2.75, 3.05) is 12.9 Å². The molecule has 3 heteroatoms. The van der Waals surface area contributed by atoms with Crippen molar-refractivity contribution in [3.63, 3.8) is 0 Å². The molecule has 0 atom stereocenters. The lowest BCUT2D eigenvalue weighted by molar-refractivity contribution is -0.149. The van der Waals surface area contributed by atoms with Crippen molar-refractivity contribution in [1.29, 1.82) is 0 Å². The molecule has 1 aromatic rings. The fourth-order valence-electron chi connectivity index (χ4n) is 1.52. The van der Waals surface area contributed by atoms with Gasteiger partial charge in [0.05, 0.1) is 12.5 Å². The van der Waals surface area contributed by atoms with E-state index in [1.54, 1.807) is 11.8 Å². The van der Waals surface area contributed by atoms with E-state index < -0.39 is 5.41 Å². The fourth-order valence-corrected chi connectivity index (χ4v) is 2.80. The number of carbonyl (C=O) groups excluding carboxylic acids is 1. The molecule has 0 aromatic heterocycles. The van der Waals surface area contributed by atoms with Gasteiger partial charge in [-0.15, -0.1) is 0 Å². The van der Waals surface area contributed by atoms with Gasteiger partial charge in [0, 0.05) is 11.5 Å². The first-order valence-corrected chi connectivity index (χ1v) is 6.83. The van der Waals surface area contributed by atoms with Crippen LogP contribution in [0.1, 0.15) is 25.0 Å². The lowest BCUT2D eigenvalue weighted by Gasteiger charge is -2.20. The minimum absolute atomic E-state index is 0.144. The Morgan fingerprint density at radius 2 is 2.00 bits per heavy atom. The zero-order valence-electron chi connectivity index (χ0n) is 10.9. The van der Waals surface area contributed by atoms with Crippen LogP contribution in [0.3, 0.4) is 0 Å². The minimum Gasteiger partial charge on any atom is -0.469 e. The van der Waals surface area contributed by atoms with Gasteiger partial charge in [0.15, 0.2) is 0 Å². The number of carbonyl (C=O) groups is 1. The van der Waals surface area contributed by atoms with Crippen molar-refractivity contribution >= 4 is 17.7 Å². The van der Waals surface area contributed by atoms with Gasteiger partial charge in [0.1, 0.15) is 0 Å². The molecule has 0 saturated carbocycles. The zero-order valence-corrected chi connectivity index (χ0v) is 11.8. The molecular formula is C14H20O2S. The van der Waals surface area contributed by atoms with Crippen molar-refractivity contribution in [2.45, 2.75) is 26.5 Å². The second kappa shape index (κ2) is 6.10. The largest absolute Gasteiger partial charge is 0.469 e. The molecule has 0 spiro atoms. The molecule has 0 aliphatic carbocycles. The summed E-state index contributed by atoms with van der Waals surface area (Å²) in [5.41, 5.74) is 2.22. The third kappa shape index (κ3) is 4.08. The van der Waals surface area contributed by atoms with Crippen LogP contribution in [0, 0.1) is 12.3 Å². The minimum atomic E-state index is -0.415. The third-order valence-electron chi connectivity index (χ3n) is 2.72. The zero-order chi connectivity index (χ0) is 12.9. The molecule has 0 heterocycles. The molecule has 2 nitrogen and oxygen atoms in total. The molecule has 1 aromatic carbocycles. The number of thioether (sulfide) groups is 1. The molecule has 0 amide bonds. The summed E-state index contributed by atoms with van der Waals surface area (Å²) in [5.74, 6) is 1.57. The number of hydrogen-bond acceptors (Lipinski definition) is 3. The van der Waals surface area contributed by atoms with Crippen molar-refractivity contribution in [1.82, 2.24) is 0 Å². The number of aryl methyl sites for hydroxylation is 1. The first kappa shape index (κ1) is 14.1. The van der Waals surface area contributed by atoms with Gasteiger partial charge in [-0.1, -0.05) is 24.3 Å². The third-order valence-corrected chi connectivity index (χ3v) is 4.16. The van der Waals surface area contributed by atoms with Gasteiger partial charge in [0.2, 0.25) is 0 Å². The van der Waals surface area contributed by atoms with Gasteiger partial charge < -0.3 is 4.74 Å². The summed E-state index contributed by atoms with van der Waals surface area (Å²) < 4.78 is 4.79. The van der Waals surface area contributed by atoms with Gasteiger partial charge in [-0.2, -0.15) is 11.8 Å². The van der Waals surface area contributed by atoms with Gasteiger partial charge in [-0.25, -0.2) is 0 Å². The predicted octanol–water partition coefficient (Wildman–Crippen LogP) is 3.43. The number of ether oxygens (including phenoxy) is 1. The Morgan fingerprint density at radius 3 is 2.59 bits per heavy atom. The van der Waals surface area contributed by atoms with Crippen LogP contribution in [0.25, 0.3) is 0 Å². The average Bonchev–Trinajstić information content (AvgIpc) is 2.30. The quantitative estimate of drug-likeness (QED) is 0.751. The molecule has 0 saturated heterocycles. The number of hydrogen-bond donors (Lipinski definition) is 0. The Morgan fingerprint density at radius 1 is 1.35 bits per heavy atom. The maximum Gasteiger partial charge on any atom is 0.312 e. The summed E-state index contributed by atoms with van der Waals surface area (Å²) in [4.78, 5) is 11.5. The van der Waals surface area contributed by atoms with E-state index in [-0.39, 0.29) is 5.97 Å². The van der Waals surface area contributed by atoms with Crippen LogP contribution in [0.15, 0.2) is 24.3 Å². The molecule has 0 unspecified atom stereocenters. The number of rotatable bonds is 5. The average molecular weight is 252 g/mol. The molecule has 1 rings (SSSR count). The summed E-state index contributed by atoms with van der Waals surface area (Å²) in [6.07, 6.45) is 0. The number of esters is 1. The molecule has 0 fully saturated rings. The predicted molar refractivity (Wildman–Crippen MR) is 73.1 cm³/mol. The van der Waals surface area contributed by atoms with Gasteiger partial charge in [-0.05, 0) is 31.9 Å². The molecule has 0 aliphatic heterocycles. The topological polar surface area (TPSA) is 26.3 Å². The van der Waals surface area contributed by atoms with Crippen LogP contribution >= 0.6 is 11.8 Å². The van der Waals surface area contributed by atoms with Crippen molar-refractivity contribution in [3.8, 4) is 0 Å². The van der Waals surface area contributed by atoms with Crippen LogP contribution in [-0.4, -0.2) is 18.8 Å². The molecule has 94 valence electrons. The van der Waals surface area contributed by atoms with Crippen LogP contribution in [0.5, 0.6) is 0 Å². The van der Waals surface area contributed by atoms with E-state index in [4.69, 9.17) is 4.74 Å². The van der Waals surface area contributed by atoms with Crippen LogP contribution in [0.2, 0.25) is 0 Å². The summed E-state index contributed by atoms with van der Waals surface area (Å²) >= 11 is 1.77. The standard InChI is InChI=1S/C14H20O2S/c1-11-7-5-6-8-12(11)9-17-10-14(2,3)13(15)16-4/h5-8H,9-10H2,1-4H3. The normalized spacial score (nSPS) is 11.3. The first-order valence-electron chi connectivity index (χ1n) is 5.68. The maximum atomic E-state index is 11.5. The monoisotopic (exact) mass is 252 g/mol. The van der Waals surface area contributed by atoms with Crippen molar-refractivity contribution < 1.29 is 9.53 Å². The van der Waals surface area contributed by atoms with Gasteiger partial charge in [0.25, 0.3) is 0 Å². The highest BCUT2D eigenvalue weighted by Crippen LogP contribution is 2.26. The lowest BCUT2D eigenvalue weighted by atomic mass is 9.97.